The van der Waals surface area contributed by atoms with Gasteiger partial charge in [-0.2, -0.15) is 11.8 Å². The van der Waals surface area contributed by atoms with Crippen LogP contribution in [0, 0.1) is 0 Å². The lowest BCUT2D eigenvalue weighted by Gasteiger charge is -2.14. The molecule has 0 spiro atoms. The number of ether oxygens (including phenoxy) is 1. The topological polar surface area (TPSA) is 75.6 Å². The van der Waals surface area contributed by atoms with Crippen LogP contribution in [0.15, 0.2) is 18.2 Å². The van der Waals surface area contributed by atoms with Gasteiger partial charge in [-0.05, 0) is 36.6 Å². The molecule has 0 aliphatic carbocycles. The smallest absolute Gasteiger partial charge is 0.326 e. The first-order valence-corrected chi connectivity index (χ1v) is 8.18. The van der Waals surface area contributed by atoms with Crippen molar-refractivity contribution in [3.05, 3.63) is 28.2 Å². The molecule has 1 aromatic carbocycles. The van der Waals surface area contributed by atoms with Gasteiger partial charge in [0, 0.05) is 5.02 Å². The maximum atomic E-state index is 11.7. The van der Waals surface area contributed by atoms with Crippen LogP contribution in [0.2, 0.25) is 10.0 Å². The Labute approximate surface area is 136 Å². The summed E-state index contributed by atoms with van der Waals surface area (Å²) in [6.07, 6.45) is 2.22. The molecule has 116 valence electrons. The van der Waals surface area contributed by atoms with E-state index in [1.165, 1.54) is 17.8 Å². The van der Waals surface area contributed by atoms with Crippen LogP contribution in [0.3, 0.4) is 0 Å². The largest absolute Gasteiger partial charge is 0.482 e. The van der Waals surface area contributed by atoms with Crippen molar-refractivity contribution < 1.29 is 19.4 Å². The van der Waals surface area contributed by atoms with Crippen molar-refractivity contribution in [3.8, 4) is 5.75 Å². The molecule has 21 heavy (non-hydrogen) atoms. The van der Waals surface area contributed by atoms with Crippen LogP contribution in [-0.4, -0.2) is 41.6 Å². The number of hydrogen-bond acceptors (Lipinski definition) is 4. The molecule has 0 fully saturated rings. The summed E-state index contributed by atoms with van der Waals surface area (Å²) in [6.45, 7) is -0.315. The molecule has 1 aromatic rings. The Hall–Kier alpha value is -1.11. The fourth-order valence-electron chi connectivity index (χ4n) is 1.46. The van der Waals surface area contributed by atoms with Crippen LogP contribution < -0.4 is 10.1 Å². The van der Waals surface area contributed by atoms with Gasteiger partial charge in [-0.25, -0.2) is 4.79 Å². The number of hydrogen-bond donors (Lipinski definition) is 2. The molecule has 2 N–H and O–H groups in total. The lowest BCUT2D eigenvalue weighted by atomic mass is 10.2. The van der Waals surface area contributed by atoms with E-state index in [1.807, 2.05) is 6.26 Å². The quantitative estimate of drug-likeness (QED) is 0.752. The number of aliphatic carboxylic acids is 1. The molecule has 0 radical (unpaired) electrons. The van der Waals surface area contributed by atoms with Gasteiger partial charge in [-0.3, -0.25) is 4.79 Å². The first kappa shape index (κ1) is 17.9. The third kappa shape index (κ3) is 6.46. The Kier molecular flexibility index (Phi) is 7.71. The fourth-order valence-corrected chi connectivity index (χ4v) is 2.40. The van der Waals surface area contributed by atoms with E-state index in [0.29, 0.717) is 22.9 Å². The monoisotopic (exact) mass is 351 g/mol. The highest BCUT2D eigenvalue weighted by molar-refractivity contribution is 7.98. The molecule has 1 amide bonds. The molecular formula is C13H15Cl2NO4S. The predicted octanol–water partition coefficient (Wildman–Crippen LogP) is 2.69. The average molecular weight is 352 g/mol. The van der Waals surface area contributed by atoms with Crippen molar-refractivity contribution >= 4 is 46.8 Å². The summed E-state index contributed by atoms with van der Waals surface area (Å²) in [5.41, 5.74) is 0. The number of carbonyl (C=O) groups is 2. The molecule has 0 aliphatic heterocycles. The predicted molar refractivity (Wildman–Crippen MR) is 84.5 cm³/mol. The lowest BCUT2D eigenvalue weighted by molar-refractivity contribution is -0.142. The summed E-state index contributed by atoms with van der Waals surface area (Å²) in [5.74, 6) is -0.634. The zero-order valence-corrected chi connectivity index (χ0v) is 13.6. The van der Waals surface area contributed by atoms with E-state index in [0.717, 1.165) is 0 Å². The number of thioether (sulfide) groups is 1. The van der Waals surface area contributed by atoms with E-state index in [1.54, 1.807) is 12.1 Å². The molecule has 0 saturated carbocycles. The second-order valence-corrected chi connectivity index (χ2v) is 5.93. The van der Waals surface area contributed by atoms with E-state index in [4.69, 9.17) is 33.0 Å². The highest BCUT2D eigenvalue weighted by Crippen LogP contribution is 2.27. The molecule has 5 nitrogen and oxygen atoms in total. The summed E-state index contributed by atoms with van der Waals surface area (Å²) < 4.78 is 5.24. The molecule has 0 aromatic heterocycles. The summed E-state index contributed by atoms with van der Waals surface area (Å²) in [6, 6.07) is 3.70. The highest BCUT2D eigenvalue weighted by Gasteiger charge is 2.19. The molecular weight excluding hydrogens is 337 g/mol. The number of amides is 1. The van der Waals surface area contributed by atoms with Gasteiger partial charge in [0.1, 0.15) is 11.8 Å². The molecule has 0 bridgehead atoms. The Bertz CT molecular complexity index is 513. The minimum atomic E-state index is -1.07. The fraction of sp³-hybridized carbons (Fsp3) is 0.385. The van der Waals surface area contributed by atoms with E-state index < -0.39 is 17.9 Å². The standard InChI is InChI=1S/C13H15Cl2NO4S/c1-21-5-4-10(13(18)19)16-12(17)7-20-11-3-2-8(14)6-9(11)15/h2-3,6,10H,4-5,7H2,1H3,(H,16,17)(H,18,19)/t10-/m1/s1. The molecule has 0 heterocycles. The Balaban J connectivity index is 2.50. The van der Waals surface area contributed by atoms with E-state index in [2.05, 4.69) is 5.32 Å². The van der Waals surface area contributed by atoms with Gasteiger partial charge in [-0.1, -0.05) is 23.2 Å². The first-order chi connectivity index (χ1) is 9.93. The van der Waals surface area contributed by atoms with Gasteiger partial charge in [0.2, 0.25) is 0 Å². The second-order valence-electron chi connectivity index (χ2n) is 4.10. The number of carboxylic acids is 1. The maximum Gasteiger partial charge on any atom is 0.326 e. The normalized spacial score (nSPS) is 11.8. The first-order valence-electron chi connectivity index (χ1n) is 6.03. The minimum Gasteiger partial charge on any atom is -0.482 e. The third-order valence-electron chi connectivity index (χ3n) is 2.50. The summed E-state index contributed by atoms with van der Waals surface area (Å²) >= 11 is 13.2. The maximum absolute atomic E-state index is 11.7. The van der Waals surface area contributed by atoms with E-state index >= 15 is 0 Å². The van der Waals surface area contributed by atoms with Crippen LogP contribution in [-0.2, 0) is 9.59 Å². The average Bonchev–Trinajstić information content (AvgIpc) is 2.42. The van der Waals surface area contributed by atoms with Crippen LogP contribution in [0.25, 0.3) is 0 Å². The SMILES string of the molecule is CSCC[C@@H](NC(=O)COc1ccc(Cl)cc1Cl)C(=O)O. The number of nitrogens with one attached hydrogen (secondary N) is 1. The number of rotatable bonds is 8. The van der Waals surface area contributed by atoms with Crippen LogP contribution in [0.4, 0.5) is 0 Å². The van der Waals surface area contributed by atoms with Gasteiger partial charge in [0.25, 0.3) is 5.91 Å². The van der Waals surface area contributed by atoms with Gasteiger partial charge in [0.05, 0.1) is 5.02 Å². The zero-order valence-electron chi connectivity index (χ0n) is 11.3. The van der Waals surface area contributed by atoms with Crippen molar-refractivity contribution in [2.24, 2.45) is 0 Å². The van der Waals surface area contributed by atoms with Crippen molar-refractivity contribution in [3.63, 3.8) is 0 Å². The summed E-state index contributed by atoms with van der Waals surface area (Å²) in [4.78, 5) is 22.7. The molecule has 0 unspecified atom stereocenters. The van der Waals surface area contributed by atoms with Crippen molar-refractivity contribution in [2.45, 2.75) is 12.5 Å². The number of halogens is 2. The highest BCUT2D eigenvalue weighted by atomic mass is 35.5. The summed E-state index contributed by atoms with van der Waals surface area (Å²) in [7, 11) is 0. The van der Waals surface area contributed by atoms with Crippen molar-refractivity contribution in [1.82, 2.24) is 5.32 Å². The second kappa shape index (κ2) is 9.02. The van der Waals surface area contributed by atoms with Crippen LogP contribution in [0.1, 0.15) is 6.42 Å². The summed E-state index contributed by atoms with van der Waals surface area (Å²) in [5, 5.41) is 12.2. The van der Waals surface area contributed by atoms with E-state index in [9.17, 15) is 9.59 Å². The van der Waals surface area contributed by atoms with Crippen molar-refractivity contribution in [1.29, 1.82) is 0 Å². The van der Waals surface area contributed by atoms with Gasteiger partial charge >= 0.3 is 5.97 Å². The van der Waals surface area contributed by atoms with Crippen LogP contribution >= 0.6 is 35.0 Å². The van der Waals surface area contributed by atoms with Gasteiger partial charge in [0.15, 0.2) is 6.61 Å². The number of benzene rings is 1. The van der Waals surface area contributed by atoms with Gasteiger partial charge < -0.3 is 15.2 Å². The van der Waals surface area contributed by atoms with Crippen LogP contribution in [0.5, 0.6) is 5.75 Å². The molecule has 8 heteroatoms. The minimum absolute atomic E-state index is 0.285. The number of carboxylic acid groups (broad SMARTS) is 1. The third-order valence-corrected chi connectivity index (χ3v) is 3.67. The van der Waals surface area contributed by atoms with Gasteiger partial charge in [-0.15, -0.1) is 0 Å². The lowest BCUT2D eigenvalue weighted by Crippen LogP contribution is -2.43. The Morgan fingerprint density at radius 2 is 2.14 bits per heavy atom. The molecule has 1 rings (SSSR count). The molecule has 1 atom stereocenters. The molecule has 0 saturated heterocycles. The Morgan fingerprint density at radius 1 is 1.43 bits per heavy atom. The zero-order chi connectivity index (χ0) is 15.8. The van der Waals surface area contributed by atoms with E-state index in [-0.39, 0.29) is 11.6 Å². The Morgan fingerprint density at radius 3 is 2.71 bits per heavy atom. The van der Waals surface area contributed by atoms with Crippen molar-refractivity contribution in [2.75, 3.05) is 18.6 Å². The number of carbonyl (C=O) groups excluding carboxylic acids is 1. The molecule has 0 aliphatic rings.